The van der Waals surface area contributed by atoms with E-state index in [1.54, 1.807) is 0 Å². The van der Waals surface area contributed by atoms with Crippen molar-refractivity contribution >= 4 is 27.7 Å². The zero-order valence-corrected chi connectivity index (χ0v) is 14.2. The molecule has 0 aliphatic rings. The van der Waals surface area contributed by atoms with Gasteiger partial charge in [-0.25, -0.2) is 0 Å². The number of hydrogen-bond acceptors (Lipinski definition) is 2. The van der Waals surface area contributed by atoms with Gasteiger partial charge in [0.15, 0.2) is 0 Å². The molecule has 0 saturated heterocycles. The minimum atomic E-state index is 0.938. The van der Waals surface area contributed by atoms with Crippen LogP contribution in [0.3, 0.4) is 0 Å². The molecule has 0 spiro atoms. The molecule has 4 heteroatoms. The molecule has 0 aliphatic heterocycles. The van der Waals surface area contributed by atoms with Gasteiger partial charge in [0.05, 0.1) is 15.9 Å². The van der Waals surface area contributed by atoms with E-state index >= 15 is 0 Å². The number of hydrogen-bond donors (Lipinski definition) is 0. The van der Waals surface area contributed by atoms with Crippen LogP contribution in [0.2, 0.25) is 0 Å². The van der Waals surface area contributed by atoms with E-state index < -0.39 is 0 Å². The third-order valence-electron chi connectivity index (χ3n) is 3.20. The van der Waals surface area contributed by atoms with Gasteiger partial charge in [-0.3, -0.25) is 4.68 Å². The van der Waals surface area contributed by atoms with Crippen molar-refractivity contribution in [3.05, 3.63) is 45.2 Å². The molecule has 0 saturated carbocycles. The molecule has 2 aromatic rings. The van der Waals surface area contributed by atoms with Gasteiger partial charge in [0.1, 0.15) is 0 Å². The number of halogens is 1. The molecular weight excluding hydrogens is 320 g/mol. The third-order valence-corrected chi connectivity index (χ3v) is 5.30. The van der Waals surface area contributed by atoms with E-state index in [4.69, 9.17) is 0 Å². The Bertz CT molecular complexity index is 590. The molecule has 2 nitrogen and oxygen atoms in total. The van der Waals surface area contributed by atoms with Crippen molar-refractivity contribution in [2.45, 2.75) is 37.8 Å². The predicted octanol–water partition coefficient (Wildman–Crippen LogP) is 4.65. The van der Waals surface area contributed by atoms with Gasteiger partial charge in [-0.05, 0) is 47.8 Å². The summed E-state index contributed by atoms with van der Waals surface area (Å²) in [6, 6.07) is 6.61. The van der Waals surface area contributed by atoms with Gasteiger partial charge in [-0.15, -0.1) is 11.8 Å². The van der Waals surface area contributed by atoms with Gasteiger partial charge in [0.2, 0.25) is 0 Å². The average molecular weight is 339 g/mol. The SMILES string of the molecule is CCc1nn(C)c(CSc2ccc(C)cc2C)c1Br. The number of aromatic nitrogens is 2. The van der Waals surface area contributed by atoms with Crippen LogP contribution < -0.4 is 0 Å². The summed E-state index contributed by atoms with van der Waals surface area (Å²) in [7, 11) is 2.02. The summed E-state index contributed by atoms with van der Waals surface area (Å²) in [6.45, 7) is 6.44. The van der Waals surface area contributed by atoms with Crippen LogP contribution in [0, 0.1) is 13.8 Å². The molecule has 2 rings (SSSR count). The molecule has 102 valence electrons. The molecule has 19 heavy (non-hydrogen) atoms. The second-order valence-corrected chi connectivity index (χ2v) is 6.55. The lowest BCUT2D eigenvalue weighted by Crippen LogP contribution is -1.97. The van der Waals surface area contributed by atoms with Crippen molar-refractivity contribution in [3.8, 4) is 0 Å². The summed E-state index contributed by atoms with van der Waals surface area (Å²) in [5, 5.41) is 4.53. The molecule has 0 fully saturated rings. The molecule has 1 aromatic heterocycles. The van der Waals surface area contributed by atoms with E-state index in [-0.39, 0.29) is 0 Å². The Morgan fingerprint density at radius 2 is 2.05 bits per heavy atom. The predicted molar refractivity (Wildman–Crippen MR) is 85.8 cm³/mol. The second-order valence-electron chi connectivity index (χ2n) is 4.74. The highest BCUT2D eigenvalue weighted by Crippen LogP contribution is 2.30. The van der Waals surface area contributed by atoms with Gasteiger partial charge < -0.3 is 0 Å². The molecule has 0 unspecified atom stereocenters. The topological polar surface area (TPSA) is 17.8 Å². The Balaban J connectivity index is 2.16. The first-order valence-electron chi connectivity index (χ1n) is 6.43. The molecule has 0 N–H and O–H groups in total. The zero-order valence-electron chi connectivity index (χ0n) is 11.8. The van der Waals surface area contributed by atoms with E-state index in [0.29, 0.717) is 0 Å². The van der Waals surface area contributed by atoms with Gasteiger partial charge in [-0.1, -0.05) is 24.6 Å². The lowest BCUT2D eigenvalue weighted by atomic mass is 10.2. The van der Waals surface area contributed by atoms with Crippen LogP contribution in [-0.4, -0.2) is 9.78 Å². The Kier molecular flexibility index (Phi) is 4.74. The molecule has 0 amide bonds. The fourth-order valence-electron chi connectivity index (χ4n) is 2.08. The normalized spacial score (nSPS) is 11.0. The first-order chi connectivity index (χ1) is 9.02. The fourth-order valence-corrected chi connectivity index (χ4v) is 4.10. The minimum absolute atomic E-state index is 0.938. The Morgan fingerprint density at radius 3 is 2.63 bits per heavy atom. The fraction of sp³-hybridized carbons (Fsp3) is 0.400. The highest BCUT2D eigenvalue weighted by atomic mass is 79.9. The van der Waals surface area contributed by atoms with Gasteiger partial charge in [0, 0.05) is 17.7 Å². The Morgan fingerprint density at radius 1 is 1.32 bits per heavy atom. The third kappa shape index (κ3) is 3.23. The van der Waals surface area contributed by atoms with Gasteiger partial charge in [-0.2, -0.15) is 5.10 Å². The van der Waals surface area contributed by atoms with E-state index in [2.05, 4.69) is 60.0 Å². The monoisotopic (exact) mass is 338 g/mol. The van der Waals surface area contributed by atoms with Crippen molar-refractivity contribution in [3.63, 3.8) is 0 Å². The number of aryl methyl sites for hydroxylation is 4. The Hall–Kier alpha value is -0.740. The highest BCUT2D eigenvalue weighted by molar-refractivity contribution is 9.10. The summed E-state index contributed by atoms with van der Waals surface area (Å²) in [4.78, 5) is 1.34. The lowest BCUT2D eigenvalue weighted by Gasteiger charge is -2.07. The molecular formula is C15H19BrN2S. The highest BCUT2D eigenvalue weighted by Gasteiger charge is 2.13. The molecule has 0 aliphatic carbocycles. The molecule has 0 radical (unpaired) electrons. The summed E-state index contributed by atoms with van der Waals surface area (Å²) >= 11 is 5.54. The van der Waals surface area contributed by atoms with Crippen LogP contribution in [-0.2, 0) is 19.2 Å². The van der Waals surface area contributed by atoms with Crippen LogP contribution in [0.4, 0.5) is 0 Å². The number of nitrogens with zero attached hydrogens (tertiary/aromatic N) is 2. The lowest BCUT2D eigenvalue weighted by molar-refractivity contribution is 0.719. The smallest absolute Gasteiger partial charge is 0.0767 e. The van der Waals surface area contributed by atoms with Crippen LogP contribution >= 0.6 is 27.7 Å². The molecule has 0 atom stereocenters. The molecule has 1 aromatic carbocycles. The quantitative estimate of drug-likeness (QED) is 0.755. The van der Waals surface area contributed by atoms with E-state index in [1.807, 2.05) is 23.5 Å². The maximum atomic E-state index is 4.53. The second kappa shape index (κ2) is 6.14. The number of thioether (sulfide) groups is 1. The average Bonchev–Trinajstić information content (AvgIpc) is 2.64. The van der Waals surface area contributed by atoms with Gasteiger partial charge >= 0.3 is 0 Å². The number of rotatable bonds is 4. The van der Waals surface area contributed by atoms with Crippen LogP contribution in [0.25, 0.3) is 0 Å². The van der Waals surface area contributed by atoms with Crippen molar-refractivity contribution in [1.82, 2.24) is 9.78 Å². The largest absolute Gasteiger partial charge is 0.270 e. The maximum Gasteiger partial charge on any atom is 0.0767 e. The summed E-state index contributed by atoms with van der Waals surface area (Å²) in [5.74, 6) is 0.938. The number of benzene rings is 1. The minimum Gasteiger partial charge on any atom is -0.270 e. The van der Waals surface area contributed by atoms with Gasteiger partial charge in [0.25, 0.3) is 0 Å². The van der Waals surface area contributed by atoms with Crippen molar-refractivity contribution in [2.75, 3.05) is 0 Å². The zero-order chi connectivity index (χ0) is 14.0. The van der Waals surface area contributed by atoms with Crippen LogP contribution in [0.15, 0.2) is 27.6 Å². The standard InChI is InChI=1S/C15H19BrN2S/c1-5-12-15(16)13(18(4)17-12)9-19-14-7-6-10(2)8-11(14)3/h6-8H,5,9H2,1-4H3. The Labute approximate surface area is 127 Å². The van der Waals surface area contributed by atoms with Crippen molar-refractivity contribution < 1.29 is 0 Å². The molecule has 0 bridgehead atoms. The van der Waals surface area contributed by atoms with Crippen LogP contribution in [0.5, 0.6) is 0 Å². The van der Waals surface area contributed by atoms with Crippen molar-refractivity contribution in [2.24, 2.45) is 7.05 Å². The maximum absolute atomic E-state index is 4.53. The first-order valence-corrected chi connectivity index (χ1v) is 8.21. The summed E-state index contributed by atoms with van der Waals surface area (Å²) < 4.78 is 3.15. The van der Waals surface area contributed by atoms with E-state index in [9.17, 15) is 0 Å². The summed E-state index contributed by atoms with van der Waals surface area (Å²) in [5.41, 5.74) is 5.05. The van der Waals surface area contributed by atoms with Crippen LogP contribution in [0.1, 0.15) is 29.4 Å². The summed E-state index contributed by atoms with van der Waals surface area (Å²) in [6.07, 6.45) is 0.961. The van der Waals surface area contributed by atoms with E-state index in [0.717, 1.165) is 22.3 Å². The van der Waals surface area contributed by atoms with E-state index in [1.165, 1.54) is 21.7 Å². The molecule has 1 heterocycles. The first kappa shape index (κ1) is 14.7. The van der Waals surface area contributed by atoms with Crippen molar-refractivity contribution in [1.29, 1.82) is 0 Å².